The SMILES string of the molecule is CC.CC.Nc1ncc(-c2ccc(S(=O)(=O)Nc3ccccc3)cc2F)cc1-c1ccc2c(c1)CCNC2=O.Nc1ncc(-c2ccc(S(=O)(=O)Nc3ccccc3)cc2F)cc1-c1ccc2c(c1)CCNC2=O. The standard InChI is InChI=1S/2C26H21FN4O3S.2C2H6/c2*27-24-14-20(35(33,34)31-19-4-2-1-3-5-19)7-9-21(24)18-13-23(25(28)30-15-18)16-6-8-22-17(12-16)10-11-29-26(22)32;2*1-2/h2*1-9,12-15,31H,10-11H2,(H2,28,30)(H,29,32);2*1-2H3. The molecule has 0 fully saturated rings. The molecule has 0 saturated heterocycles. The number of amides is 2. The van der Waals surface area contributed by atoms with Crippen molar-refractivity contribution in [1.29, 1.82) is 0 Å². The van der Waals surface area contributed by atoms with Gasteiger partial charge in [-0.05, 0) is 108 Å². The summed E-state index contributed by atoms with van der Waals surface area (Å²) < 4.78 is 85.9. The highest BCUT2D eigenvalue weighted by Crippen LogP contribution is 2.35. The van der Waals surface area contributed by atoms with Crippen LogP contribution < -0.4 is 31.5 Å². The number of nitrogen functional groups attached to an aromatic ring is 2. The van der Waals surface area contributed by atoms with Crippen LogP contribution in [0.3, 0.4) is 0 Å². The monoisotopic (exact) mass is 1040 g/mol. The van der Waals surface area contributed by atoms with E-state index in [1.54, 1.807) is 97.1 Å². The Hall–Kier alpha value is -8.48. The number of anilines is 4. The van der Waals surface area contributed by atoms with Crippen LogP contribution in [0.25, 0.3) is 44.5 Å². The quantitative estimate of drug-likeness (QED) is 0.0759. The third-order valence-electron chi connectivity index (χ3n) is 11.7. The molecule has 2 aliphatic rings. The lowest BCUT2D eigenvalue weighted by atomic mass is 9.94. The highest BCUT2D eigenvalue weighted by molar-refractivity contribution is 7.93. The molecule has 0 saturated carbocycles. The zero-order valence-corrected chi connectivity index (χ0v) is 42.5. The molecule has 2 amide bonds. The van der Waals surface area contributed by atoms with Crippen molar-refractivity contribution in [3.63, 3.8) is 0 Å². The van der Waals surface area contributed by atoms with E-state index in [2.05, 4.69) is 30.0 Å². The van der Waals surface area contributed by atoms with Gasteiger partial charge in [0.1, 0.15) is 23.3 Å². The maximum atomic E-state index is 15.1. The zero-order valence-electron chi connectivity index (χ0n) is 40.9. The molecule has 18 heteroatoms. The third-order valence-corrected chi connectivity index (χ3v) is 14.5. The highest BCUT2D eigenvalue weighted by atomic mass is 32.2. The summed E-state index contributed by atoms with van der Waals surface area (Å²) in [6.45, 7) is 9.12. The van der Waals surface area contributed by atoms with E-state index < -0.39 is 31.7 Å². The molecule has 2 aromatic heterocycles. The first-order valence-corrected chi connectivity index (χ1v) is 26.7. The van der Waals surface area contributed by atoms with Crippen molar-refractivity contribution in [1.82, 2.24) is 20.6 Å². The number of hydrogen-bond acceptors (Lipinski definition) is 10. The number of rotatable bonds is 10. The molecule has 0 unspecified atom stereocenters. The number of carbonyl (C=O) groups excluding carboxylic acids is 2. The molecule has 74 heavy (non-hydrogen) atoms. The largest absolute Gasteiger partial charge is 0.383 e. The molecule has 2 aliphatic heterocycles. The number of nitrogens with two attached hydrogens (primary N) is 2. The molecular weight excluding hydrogens is 983 g/mol. The second kappa shape index (κ2) is 23.4. The van der Waals surface area contributed by atoms with Crippen molar-refractivity contribution in [2.75, 3.05) is 34.0 Å². The average molecular weight is 1040 g/mol. The van der Waals surface area contributed by atoms with E-state index in [-0.39, 0.29) is 44.4 Å². The molecule has 14 nitrogen and oxygen atoms in total. The van der Waals surface area contributed by atoms with Crippen LogP contribution in [0.4, 0.5) is 31.8 Å². The van der Waals surface area contributed by atoms with Gasteiger partial charge in [0.15, 0.2) is 0 Å². The van der Waals surface area contributed by atoms with Crippen LogP contribution >= 0.6 is 0 Å². The van der Waals surface area contributed by atoms with Crippen LogP contribution in [0.2, 0.25) is 0 Å². The lowest BCUT2D eigenvalue weighted by Gasteiger charge is -2.18. The molecule has 0 spiro atoms. The first-order chi connectivity index (χ1) is 35.6. The second-order valence-electron chi connectivity index (χ2n) is 16.3. The fourth-order valence-corrected chi connectivity index (χ4v) is 10.3. The van der Waals surface area contributed by atoms with Crippen LogP contribution in [0.15, 0.2) is 168 Å². The Morgan fingerprint density at radius 1 is 0.459 bits per heavy atom. The molecular formula is C56H54F2N8O6S2. The molecule has 6 aromatic carbocycles. The number of benzene rings is 6. The van der Waals surface area contributed by atoms with Crippen molar-refractivity contribution in [2.24, 2.45) is 0 Å². The van der Waals surface area contributed by atoms with Crippen LogP contribution in [0, 0.1) is 11.6 Å². The summed E-state index contributed by atoms with van der Waals surface area (Å²) in [6.07, 6.45) is 4.28. The Labute approximate surface area is 429 Å². The van der Waals surface area contributed by atoms with Crippen molar-refractivity contribution in [3.8, 4) is 44.5 Å². The van der Waals surface area contributed by atoms with E-state index in [1.165, 1.54) is 36.7 Å². The number of hydrogen-bond donors (Lipinski definition) is 6. The first-order valence-electron chi connectivity index (χ1n) is 23.7. The number of nitrogens with one attached hydrogen (secondary N) is 4. The van der Waals surface area contributed by atoms with E-state index in [1.807, 2.05) is 39.8 Å². The smallest absolute Gasteiger partial charge is 0.261 e. The third kappa shape index (κ3) is 12.1. The van der Waals surface area contributed by atoms with Crippen molar-refractivity contribution >= 4 is 54.9 Å². The fraction of sp³-hybridized carbons (Fsp3) is 0.143. The minimum Gasteiger partial charge on any atom is -0.383 e. The molecule has 0 bridgehead atoms. The van der Waals surface area contributed by atoms with Gasteiger partial charge in [0, 0.05) is 81.4 Å². The summed E-state index contributed by atoms with van der Waals surface area (Å²) in [7, 11) is -7.93. The van der Waals surface area contributed by atoms with Gasteiger partial charge >= 0.3 is 0 Å². The van der Waals surface area contributed by atoms with Gasteiger partial charge in [0.2, 0.25) is 0 Å². The Morgan fingerprint density at radius 3 is 1.19 bits per heavy atom. The van der Waals surface area contributed by atoms with Crippen molar-refractivity contribution in [3.05, 3.63) is 192 Å². The molecule has 0 radical (unpaired) electrons. The van der Waals surface area contributed by atoms with Crippen LogP contribution in [0.5, 0.6) is 0 Å². The Morgan fingerprint density at radius 2 is 0.824 bits per heavy atom. The molecule has 8 N–H and O–H groups in total. The molecule has 0 atom stereocenters. The topological polar surface area (TPSA) is 228 Å². The summed E-state index contributed by atoms with van der Waals surface area (Å²) in [5, 5.41) is 5.62. The van der Waals surface area contributed by atoms with E-state index in [9.17, 15) is 26.4 Å². The predicted molar refractivity (Wildman–Crippen MR) is 288 cm³/mol. The van der Waals surface area contributed by atoms with Gasteiger partial charge in [0.05, 0.1) is 9.79 Å². The van der Waals surface area contributed by atoms with Crippen molar-refractivity contribution < 1.29 is 35.2 Å². The van der Waals surface area contributed by atoms with Gasteiger partial charge < -0.3 is 22.1 Å². The lowest BCUT2D eigenvalue weighted by Crippen LogP contribution is -2.31. The molecule has 4 heterocycles. The van der Waals surface area contributed by atoms with Gasteiger partial charge in [-0.25, -0.2) is 35.6 Å². The van der Waals surface area contributed by atoms with Gasteiger partial charge in [-0.3, -0.25) is 19.0 Å². The lowest BCUT2D eigenvalue weighted by molar-refractivity contribution is 0.0937. The Kier molecular flexibility index (Phi) is 16.8. The number of sulfonamides is 2. The predicted octanol–water partition coefficient (Wildman–Crippen LogP) is 10.5. The summed E-state index contributed by atoms with van der Waals surface area (Å²) in [6, 6.07) is 38.5. The Balaban J connectivity index is 0.000000203. The summed E-state index contributed by atoms with van der Waals surface area (Å²) >= 11 is 0. The van der Waals surface area contributed by atoms with Crippen molar-refractivity contribution in [2.45, 2.75) is 50.3 Å². The zero-order chi connectivity index (χ0) is 53.2. The number of pyridine rings is 2. The number of carbonyl (C=O) groups is 2. The number of nitrogens with zero attached hydrogens (tertiary/aromatic N) is 2. The van der Waals surface area contributed by atoms with E-state index in [0.29, 0.717) is 70.7 Å². The van der Waals surface area contributed by atoms with E-state index >= 15 is 8.78 Å². The minimum absolute atomic E-state index is 0.114. The molecule has 10 rings (SSSR count). The minimum atomic E-state index is -3.96. The van der Waals surface area contributed by atoms with Crippen LogP contribution in [-0.2, 0) is 32.9 Å². The van der Waals surface area contributed by atoms with Crippen LogP contribution in [0.1, 0.15) is 59.5 Å². The normalized spacial score (nSPS) is 12.6. The van der Waals surface area contributed by atoms with Gasteiger partial charge in [-0.1, -0.05) is 100 Å². The van der Waals surface area contributed by atoms with E-state index in [4.69, 9.17) is 11.5 Å². The molecule has 380 valence electrons. The maximum Gasteiger partial charge on any atom is 0.261 e. The van der Waals surface area contributed by atoms with E-state index in [0.717, 1.165) is 34.4 Å². The van der Waals surface area contributed by atoms with Crippen LogP contribution in [-0.4, -0.2) is 51.7 Å². The second-order valence-corrected chi connectivity index (χ2v) is 19.7. The number of para-hydroxylation sites is 2. The maximum absolute atomic E-state index is 15.1. The van der Waals surface area contributed by atoms with Gasteiger partial charge in [-0.2, -0.15) is 0 Å². The van der Waals surface area contributed by atoms with Gasteiger partial charge in [-0.15, -0.1) is 0 Å². The summed E-state index contributed by atoms with van der Waals surface area (Å²) in [4.78, 5) is 32.1. The molecule has 8 aromatic rings. The average Bonchev–Trinajstić information content (AvgIpc) is 3.41. The number of halogens is 2. The number of aromatic nitrogens is 2. The fourth-order valence-electron chi connectivity index (χ4n) is 8.13. The summed E-state index contributed by atoms with van der Waals surface area (Å²) in [5.74, 6) is -1.12. The molecule has 0 aliphatic carbocycles. The number of fused-ring (bicyclic) bond motifs is 2. The van der Waals surface area contributed by atoms with Gasteiger partial charge in [0.25, 0.3) is 31.9 Å². The summed E-state index contributed by atoms with van der Waals surface area (Å²) in [5.41, 5.74) is 20.0. The first kappa shape index (κ1) is 53.3. The Bertz CT molecular complexity index is 3350. The highest BCUT2D eigenvalue weighted by Gasteiger charge is 2.23.